The number of ether oxygens (including phenoxy) is 14. The molecule has 32 heteroatoms. The second kappa shape index (κ2) is 27.2. The fraction of sp³-hybridized carbons (Fsp3) is 0.977. The molecule has 32 nitrogen and oxygen atoms in total. The van der Waals surface area contributed by atoms with Crippen LogP contribution in [-0.4, -0.2) is 330 Å². The Morgan fingerprint density at radius 3 is 0.867 bits per heavy atom. The molecule has 0 aliphatic carbocycles. The first kappa shape index (κ1) is 60.9. The molecule has 75 heavy (non-hydrogen) atoms. The number of hydrogen-bond donors (Lipinski definition) is 17. The fourth-order valence-corrected chi connectivity index (χ4v) is 9.93. The largest absolute Gasteiger partial charge is 0.466 e. The third kappa shape index (κ3) is 13.1. The maximum atomic E-state index is 12.0. The van der Waals surface area contributed by atoms with E-state index >= 15 is 0 Å². The first-order valence-corrected chi connectivity index (χ1v) is 24.6. The van der Waals surface area contributed by atoms with Gasteiger partial charge in [0.25, 0.3) is 0 Å². The molecule has 436 valence electrons. The highest BCUT2D eigenvalue weighted by Crippen LogP contribution is 2.38. The lowest BCUT2D eigenvalue weighted by atomic mass is 9.94. The van der Waals surface area contributed by atoms with Crippen LogP contribution in [0.15, 0.2) is 0 Å². The van der Waals surface area contributed by atoms with Gasteiger partial charge in [0.1, 0.15) is 146 Å². The summed E-state index contributed by atoms with van der Waals surface area (Å²) in [6.45, 7) is -4.46. The van der Waals surface area contributed by atoms with E-state index in [0.29, 0.717) is 0 Å². The summed E-state index contributed by atoms with van der Waals surface area (Å²) in [7, 11) is 0. The number of aliphatic hydroxyl groups is 17. The molecular weight excluding hydrogens is 1030 g/mol. The normalized spacial score (nSPS) is 50.1. The Hall–Kier alpha value is -1.73. The highest BCUT2D eigenvalue weighted by atomic mass is 16.8. The van der Waals surface area contributed by atoms with Crippen LogP contribution in [-0.2, 0) is 71.1 Å². The van der Waals surface area contributed by atoms with Gasteiger partial charge in [-0.2, -0.15) is 0 Å². The third-order valence-corrected chi connectivity index (χ3v) is 14.0. The maximum absolute atomic E-state index is 12.0. The Bertz CT molecular complexity index is 1730. The summed E-state index contributed by atoms with van der Waals surface area (Å²) in [5.41, 5.74) is 0. The average molecular weight is 1100 g/mol. The van der Waals surface area contributed by atoms with Gasteiger partial charge >= 0.3 is 5.97 Å². The minimum atomic E-state index is -2.16. The second-order valence-corrected chi connectivity index (χ2v) is 19.0. The van der Waals surface area contributed by atoms with Crippen molar-refractivity contribution < 1.29 is 158 Å². The number of unbranched alkanes of at least 4 members (excludes halogenated alkanes) is 1. The molecule has 22 rings (SSSR count). The minimum Gasteiger partial charge on any atom is -0.466 e. The molecule has 0 radical (unpaired) electrons. The minimum absolute atomic E-state index is 0.0179. The van der Waals surface area contributed by atoms with Gasteiger partial charge in [-0.15, -0.1) is 0 Å². The van der Waals surface area contributed by atoms with E-state index in [2.05, 4.69) is 0 Å². The molecule has 30 atom stereocenters. The molecule has 0 unspecified atom stereocenters. The van der Waals surface area contributed by atoms with Crippen molar-refractivity contribution in [2.24, 2.45) is 0 Å². The Morgan fingerprint density at radius 2 is 0.600 bits per heavy atom. The summed E-state index contributed by atoms with van der Waals surface area (Å²) in [6.07, 6.45) is -57.5. The van der Waals surface area contributed by atoms with E-state index in [1.807, 2.05) is 0 Å². The van der Waals surface area contributed by atoms with Crippen LogP contribution >= 0.6 is 0 Å². The van der Waals surface area contributed by atoms with Crippen molar-refractivity contribution in [3.63, 3.8) is 0 Å². The van der Waals surface area contributed by atoms with Crippen LogP contribution in [0.4, 0.5) is 0 Å². The lowest BCUT2D eigenvalue weighted by Gasteiger charge is -2.51. The van der Waals surface area contributed by atoms with Gasteiger partial charge in [0.05, 0.1) is 46.2 Å². The van der Waals surface area contributed by atoms with Crippen LogP contribution in [0.5, 0.6) is 0 Å². The van der Waals surface area contributed by atoms with E-state index in [1.54, 1.807) is 6.92 Å². The van der Waals surface area contributed by atoms with Crippen LogP contribution in [0, 0.1) is 0 Å². The van der Waals surface area contributed by atoms with Gasteiger partial charge in [0.2, 0.25) is 0 Å². The van der Waals surface area contributed by atoms with Gasteiger partial charge in [-0.05, 0) is 19.8 Å². The van der Waals surface area contributed by atoms with Crippen molar-refractivity contribution >= 4 is 5.97 Å². The van der Waals surface area contributed by atoms with Crippen LogP contribution < -0.4 is 0 Å². The summed E-state index contributed by atoms with van der Waals surface area (Å²) in [4.78, 5) is 12.0. The van der Waals surface area contributed by atoms with Crippen LogP contribution in [0.2, 0.25) is 0 Å². The lowest BCUT2D eigenvalue weighted by molar-refractivity contribution is -0.404. The Balaban J connectivity index is 1.20. The zero-order valence-corrected chi connectivity index (χ0v) is 40.3. The zero-order chi connectivity index (χ0) is 54.6. The van der Waals surface area contributed by atoms with E-state index in [9.17, 15) is 91.6 Å². The smallest absolute Gasteiger partial charge is 0.305 e. The van der Waals surface area contributed by atoms with Gasteiger partial charge < -0.3 is 153 Å². The van der Waals surface area contributed by atoms with Crippen molar-refractivity contribution in [3.05, 3.63) is 0 Å². The highest BCUT2D eigenvalue weighted by molar-refractivity contribution is 5.69. The van der Waals surface area contributed by atoms with E-state index in [1.165, 1.54) is 0 Å². The molecule has 22 aliphatic heterocycles. The third-order valence-electron chi connectivity index (χ3n) is 14.0. The molecule has 0 saturated carbocycles. The summed E-state index contributed by atoms with van der Waals surface area (Å²) in [5.74, 6) is -0.500. The quantitative estimate of drug-likeness (QED) is 0.0601. The van der Waals surface area contributed by atoms with Gasteiger partial charge in [0, 0.05) is 13.0 Å². The van der Waals surface area contributed by atoms with Gasteiger partial charge in [-0.25, -0.2) is 0 Å². The lowest BCUT2D eigenvalue weighted by Crippen LogP contribution is -2.69. The molecule has 12 bridgehead atoms. The number of rotatable bonds is 13. The molecule has 0 aromatic heterocycles. The highest BCUT2D eigenvalue weighted by Gasteiger charge is 2.59. The summed E-state index contributed by atoms with van der Waals surface area (Å²) >= 11 is 0. The van der Waals surface area contributed by atoms with E-state index < -0.39 is 230 Å². The first-order chi connectivity index (χ1) is 35.9. The molecular formula is C43H72O32. The second-order valence-electron chi connectivity index (χ2n) is 19.0. The molecule has 0 aromatic rings. The molecule has 17 N–H and O–H groups in total. The van der Waals surface area contributed by atoms with Gasteiger partial charge in [0.15, 0.2) is 37.7 Å². The number of carbonyl (C=O) groups is 1. The van der Waals surface area contributed by atoms with Crippen molar-refractivity contribution in [3.8, 4) is 0 Å². The molecule has 0 aromatic carbocycles. The summed E-state index contributed by atoms with van der Waals surface area (Å²) < 4.78 is 80.5. The molecule has 0 amide bonds. The SMILES string of the molecule is CCOC(=O)CCCCO[C@@H]1[C@@H](O)[C@H]2O[C@H]3[C@H](O)[C@@H](O)[C@@H](O[C@H]4[C@H](O)[C@@H](O)[C@@H](O[C@H]5[C@H](O)[C@@H](O)[C@@H](O[C@H]6[C@H](O)[C@@H](O)[C@@H](O[C@H]7[C@H](O)[C@@H](O)[C@@H](O[C@H]1[C@@H](CO)O2)O[C@@H]7CO)O[C@@H]6CO)O[C@@H]5CO)O[C@@H]4CO)O[C@@H]3CO. The van der Waals surface area contributed by atoms with Crippen LogP contribution in [0.25, 0.3) is 0 Å². The van der Waals surface area contributed by atoms with Crippen molar-refractivity contribution in [1.82, 2.24) is 0 Å². The molecule has 22 aliphatic rings. The number of carbonyl (C=O) groups excluding carboxylic acids is 1. The van der Waals surface area contributed by atoms with Crippen molar-refractivity contribution in [2.45, 2.75) is 210 Å². The average Bonchev–Trinajstić information content (AvgIpc) is 3.40. The maximum Gasteiger partial charge on any atom is 0.305 e. The van der Waals surface area contributed by atoms with Gasteiger partial charge in [-0.3, -0.25) is 4.79 Å². The van der Waals surface area contributed by atoms with Crippen molar-refractivity contribution in [1.29, 1.82) is 0 Å². The topological polar surface area (TPSA) is 490 Å². The summed E-state index contributed by atoms with van der Waals surface area (Å²) in [5, 5.41) is 188. The standard InChI is InChI=1S/C43H72O32/c1-2-62-19(50)5-3-4-6-63-37-30(61)43-69-18(12-49)36(37)75-42-29(60)24(55)34(16(10-47)68-42)73-40-27(58)22(53)32(14(8-45)66-40)71-38-25(56)20(51)31(13(7-44)64-38)70-39-26(57)21(52)33(15(9-46)65-39)72-41-28(59)23(54)35(74-43)17(11-48)67-41/h13-18,20-49,51-61H,2-12H2,1H3/t13-,14-,15-,16-,17-,18-,20-,21-,22-,23-,24-,25-,26-,27-,28-,29-,30-,31-,32-,33-,34-,35-,36+,37-,38-,39-,40-,41-,42-,43-/m1/s1. The number of aliphatic hydroxyl groups excluding tert-OH is 17. The Morgan fingerprint density at radius 1 is 0.347 bits per heavy atom. The predicted octanol–water partition coefficient (Wildman–Crippen LogP) is -11.3. The Labute approximate surface area is 426 Å². The fourth-order valence-electron chi connectivity index (χ4n) is 9.93. The van der Waals surface area contributed by atoms with Crippen molar-refractivity contribution in [2.75, 3.05) is 52.9 Å². The molecule has 22 heterocycles. The van der Waals surface area contributed by atoms with Crippen LogP contribution in [0.3, 0.4) is 0 Å². The Kier molecular flexibility index (Phi) is 22.0. The number of hydrogen-bond acceptors (Lipinski definition) is 32. The monoisotopic (exact) mass is 1100 g/mol. The molecule has 22 saturated heterocycles. The first-order valence-electron chi connectivity index (χ1n) is 24.6. The van der Waals surface area contributed by atoms with E-state index in [0.717, 1.165) is 0 Å². The van der Waals surface area contributed by atoms with Gasteiger partial charge in [-0.1, -0.05) is 0 Å². The zero-order valence-electron chi connectivity index (χ0n) is 40.3. The van der Waals surface area contributed by atoms with E-state index in [4.69, 9.17) is 66.3 Å². The number of esters is 1. The van der Waals surface area contributed by atoms with Crippen LogP contribution in [0.1, 0.15) is 26.2 Å². The predicted molar refractivity (Wildman–Crippen MR) is 230 cm³/mol. The van der Waals surface area contributed by atoms with E-state index in [-0.39, 0.29) is 32.5 Å². The molecule has 22 fully saturated rings. The molecule has 0 spiro atoms. The summed E-state index contributed by atoms with van der Waals surface area (Å²) in [6, 6.07) is 0.